The third-order valence-electron chi connectivity index (χ3n) is 7.73. The molecule has 3 fully saturated rings. The van der Waals surface area contributed by atoms with Crippen LogP contribution >= 0.6 is 0 Å². The minimum absolute atomic E-state index is 0.131. The summed E-state index contributed by atoms with van der Waals surface area (Å²) in [6, 6.07) is 7.40. The van der Waals surface area contributed by atoms with Crippen molar-refractivity contribution in [3.63, 3.8) is 0 Å². The van der Waals surface area contributed by atoms with Gasteiger partial charge in [0.25, 0.3) is 0 Å². The summed E-state index contributed by atoms with van der Waals surface area (Å²) in [6.07, 6.45) is 6.63. The summed E-state index contributed by atoms with van der Waals surface area (Å²) in [4.78, 5) is 31.8. The van der Waals surface area contributed by atoms with Gasteiger partial charge in [0.15, 0.2) is 0 Å². The number of ether oxygens (including phenoxy) is 2. The van der Waals surface area contributed by atoms with E-state index in [1.54, 1.807) is 7.11 Å². The Morgan fingerprint density at radius 1 is 1.03 bits per heavy atom. The first-order valence-electron chi connectivity index (χ1n) is 11.8. The maximum atomic E-state index is 12.8. The van der Waals surface area contributed by atoms with Crippen LogP contribution in [0.1, 0.15) is 51.0 Å². The third kappa shape index (κ3) is 3.67. The molecule has 2 bridgehead atoms. The van der Waals surface area contributed by atoms with Crippen molar-refractivity contribution in [3.05, 3.63) is 23.8 Å². The number of carbonyl (C=O) groups is 2. The van der Waals surface area contributed by atoms with E-state index in [0.717, 1.165) is 68.6 Å². The lowest BCUT2D eigenvalue weighted by atomic mass is 9.93. The number of rotatable bonds is 4. The molecule has 0 N–H and O–H groups in total. The van der Waals surface area contributed by atoms with Crippen LogP contribution in [-0.2, 0) is 16.0 Å². The lowest BCUT2D eigenvalue weighted by molar-refractivity contribution is -0.118. The Balaban J connectivity index is 1.22. The van der Waals surface area contributed by atoms with E-state index in [1.807, 2.05) is 34.9 Å². The number of hydrogen-bond donors (Lipinski definition) is 0. The molecule has 31 heavy (non-hydrogen) atoms. The third-order valence-corrected chi connectivity index (χ3v) is 7.73. The summed E-state index contributed by atoms with van der Waals surface area (Å²) in [6.45, 7) is 4.33. The first-order chi connectivity index (χ1) is 15.1. The minimum Gasteiger partial charge on any atom is -0.497 e. The van der Waals surface area contributed by atoms with Crippen molar-refractivity contribution in [2.75, 3.05) is 31.7 Å². The van der Waals surface area contributed by atoms with Crippen LogP contribution in [0.4, 0.5) is 10.5 Å². The summed E-state index contributed by atoms with van der Waals surface area (Å²) < 4.78 is 10.7. The molecule has 4 heterocycles. The fourth-order valence-corrected chi connectivity index (χ4v) is 6.28. The zero-order chi connectivity index (χ0) is 21.5. The Labute approximate surface area is 184 Å². The van der Waals surface area contributed by atoms with Crippen LogP contribution in [0.2, 0.25) is 0 Å². The van der Waals surface area contributed by atoms with E-state index in [-0.39, 0.29) is 18.0 Å². The molecule has 168 valence electrons. The van der Waals surface area contributed by atoms with Crippen LogP contribution in [-0.4, -0.2) is 72.8 Å². The van der Waals surface area contributed by atoms with Gasteiger partial charge in [-0.15, -0.1) is 0 Å². The monoisotopic (exact) mass is 427 g/mol. The summed E-state index contributed by atoms with van der Waals surface area (Å²) in [5.41, 5.74) is 2.14. The largest absolute Gasteiger partial charge is 0.497 e. The van der Waals surface area contributed by atoms with Crippen LogP contribution < -0.4 is 9.64 Å². The summed E-state index contributed by atoms with van der Waals surface area (Å²) in [7, 11) is 1.67. The maximum absolute atomic E-state index is 12.8. The number of benzene rings is 1. The van der Waals surface area contributed by atoms with Crippen molar-refractivity contribution >= 4 is 17.7 Å². The summed E-state index contributed by atoms with van der Waals surface area (Å²) in [5, 5.41) is 0. The lowest BCUT2D eigenvalue weighted by Crippen LogP contribution is -2.55. The van der Waals surface area contributed by atoms with E-state index in [9.17, 15) is 9.59 Å². The first kappa shape index (κ1) is 20.6. The van der Waals surface area contributed by atoms with Crippen molar-refractivity contribution in [1.82, 2.24) is 9.80 Å². The van der Waals surface area contributed by atoms with E-state index in [0.29, 0.717) is 31.2 Å². The number of hydrogen-bond acceptors (Lipinski definition) is 5. The van der Waals surface area contributed by atoms with Gasteiger partial charge in [-0.05, 0) is 57.1 Å². The van der Waals surface area contributed by atoms with Gasteiger partial charge in [-0.2, -0.15) is 0 Å². The van der Waals surface area contributed by atoms with Gasteiger partial charge in [0.05, 0.1) is 25.8 Å². The van der Waals surface area contributed by atoms with E-state index in [4.69, 9.17) is 9.47 Å². The SMILES string of the molecule is CCOC(=O)N1[C@@H]2CC[C@@H]1CC(N1CCC(N3C(=O)Cc4ccc(OC)cc43)CC1)C2. The topological polar surface area (TPSA) is 62.3 Å². The highest BCUT2D eigenvalue weighted by molar-refractivity contribution is 6.02. The highest BCUT2D eigenvalue weighted by Crippen LogP contribution is 2.40. The van der Waals surface area contributed by atoms with Gasteiger partial charge in [0.1, 0.15) is 5.75 Å². The molecule has 0 unspecified atom stereocenters. The number of likely N-dealkylation sites (tertiary alicyclic amines) is 1. The average molecular weight is 428 g/mol. The molecule has 1 aromatic rings. The molecule has 0 aromatic heterocycles. The lowest BCUT2D eigenvalue weighted by Gasteiger charge is -2.45. The number of nitrogens with zero attached hydrogens (tertiary/aromatic N) is 3. The first-order valence-corrected chi connectivity index (χ1v) is 11.8. The number of methoxy groups -OCH3 is 1. The van der Waals surface area contributed by atoms with Gasteiger partial charge in [0.2, 0.25) is 5.91 Å². The molecule has 5 rings (SSSR count). The Morgan fingerprint density at radius 2 is 1.74 bits per heavy atom. The van der Waals surface area contributed by atoms with Crippen molar-refractivity contribution in [1.29, 1.82) is 0 Å². The fourth-order valence-electron chi connectivity index (χ4n) is 6.28. The van der Waals surface area contributed by atoms with Gasteiger partial charge >= 0.3 is 6.09 Å². The van der Waals surface area contributed by atoms with Gasteiger partial charge in [-0.1, -0.05) is 6.07 Å². The minimum atomic E-state index is -0.131. The van der Waals surface area contributed by atoms with Crippen LogP contribution in [0.15, 0.2) is 18.2 Å². The molecule has 7 nitrogen and oxygen atoms in total. The Kier molecular flexibility index (Phi) is 5.54. The van der Waals surface area contributed by atoms with Crippen molar-refractivity contribution in [2.24, 2.45) is 0 Å². The second-order valence-electron chi connectivity index (χ2n) is 9.32. The van der Waals surface area contributed by atoms with Crippen LogP contribution in [0.25, 0.3) is 0 Å². The quantitative estimate of drug-likeness (QED) is 0.739. The van der Waals surface area contributed by atoms with E-state index in [2.05, 4.69) is 4.90 Å². The normalized spacial score (nSPS) is 28.7. The standard InChI is InChI=1S/C24H33N3O4/c1-3-31-24(29)26-18-5-6-19(26)14-20(13-18)25-10-8-17(9-11-25)27-22-15-21(30-2)7-4-16(22)12-23(27)28/h4,7,15,17-20H,3,5-6,8-14H2,1-2H3/t18-,19-/m1/s1. The fraction of sp³-hybridized carbons (Fsp3) is 0.667. The second kappa shape index (κ2) is 8.34. The zero-order valence-corrected chi connectivity index (χ0v) is 18.6. The number of amides is 2. The van der Waals surface area contributed by atoms with Crippen LogP contribution in [0, 0.1) is 0 Å². The van der Waals surface area contributed by atoms with Gasteiger partial charge in [-0.3, -0.25) is 4.79 Å². The van der Waals surface area contributed by atoms with Crippen molar-refractivity contribution in [3.8, 4) is 5.75 Å². The van der Waals surface area contributed by atoms with Gasteiger partial charge < -0.3 is 24.2 Å². The Morgan fingerprint density at radius 3 is 2.39 bits per heavy atom. The molecule has 0 radical (unpaired) electrons. The number of fused-ring (bicyclic) bond motifs is 3. The van der Waals surface area contributed by atoms with E-state index >= 15 is 0 Å². The molecule has 2 atom stereocenters. The molecule has 3 saturated heterocycles. The highest BCUT2D eigenvalue weighted by atomic mass is 16.6. The molecule has 0 spiro atoms. The number of anilines is 1. The molecule has 1 aromatic carbocycles. The smallest absolute Gasteiger partial charge is 0.410 e. The summed E-state index contributed by atoms with van der Waals surface area (Å²) >= 11 is 0. The molecule has 7 heteroatoms. The predicted molar refractivity (Wildman–Crippen MR) is 117 cm³/mol. The zero-order valence-electron chi connectivity index (χ0n) is 18.6. The second-order valence-corrected chi connectivity index (χ2v) is 9.32. The Hall–Kier alpha value is -2.28. The van der Waals surface area contributed by atoms with Crippen LogP contribution in [0.3, 0.4) is 0 Å². The van der Waals surface area contributed by atoms with E-state index in [1.165, 1.54) is 0 Å². The molecule has 4 aliphatic rings. The van der Waals surface area contributed by atoms with Crippen molar-refractivity contribution in [2.45, 2.75) is 76.0 Å². The highest BCUT2D eigenvalue weighted by Gasteiger charge is 2.46. The van der Waals surface area contributed by atoms with Crippen LogP contribution in [0.5, 0.6) is 5.75 Å². The van der Waals surface area contributed by atoms with Gasteiger partial charge in [-0.25, -0.2) is 4.79 Å². The predicted octanol–water partition coefficient (Wildman–Crippen LogP) is 3.20. The molecule has 0 aliphatic carbocycles. The molecule has 4 aliphatic heterocycles. The average Bonchev–Trinajstić information content (AvgIpc) is 3.25. The van der Waals surface area contributed by atoms with Crippen molar-refractivity contribution < 1.29 is 19.1 Å². The summed E-state index contributed by atoms with van der Waals surface area (Å²) in [5.74, 6) is 1.02. The molecular weight excluding hydrogens is 394 g/mol. The number of carbonyl (C=O) groups excluding carboxylic acids is 2. The molecule has 0 saturated carbocycles. The molecule has 2 amide bonds. The maximum Gasteiger partial charge on any atom is 0.410 e. The van der Waals surface area contributed by atoms with E-state index < -0.39 is 0 Å². The molecular formula is C24H33N3O4. The number of piperidine rings is 2. The van der Waals surface area contributed by atoms with Gasteiger partial charge in [0, 0.05) is 43.3 Å². The Bertz CT molecular complexity index is 837.